The second kappa shape index (κ2) is 19.6. The maximum atomic E-state index is 13.6. The molecule has 3 aromatic carbocycles. The standard InChI is InChI=1S/C42H51ClN8O9/c1-40(2,3)58-34(53)25-51(24-26-12-11-13-29(22-26)35-47-49-50(10)48-35)33(52)21-17-27-16-20-31(23-32(27)43)57-36(54)28-14-18-30(19-15-28)44-37(45-38(55)59-41(4,5)6)46-39(56)60-42(7,8)9/h11-16,18-20,22-23H,17,21,24-25H2,1-10H3,(H2,44,45,46,55,56). The van der Waals surface area contributed by atoms with E-state index in [2.05, 4.69) is 31.0 Å². The van der Waals surface area contributed by atoms with Gasteiger partial charge in [0.2, 0.25) is 17.7 Å². The predicted octanol–water partition coefficient (Wildman–Crippen LogP) is 7.28. The van der Waals surface area contributed by atoms with Crippen LogP contribution in [0.1, 0.15) is 90.2 Å². The third-order valence-corrected chi connectivity index (χ3v) is 7.95. The SMILES string of the molecule is Cn1nnc(-c2cccc(CN(CC(=O)OC(C)(C)C)C(=O)CCc3ccc(OC(=O)c4ccc(N/C(=N\C(=O)OC(C)(C)C)NC(=O)OC(C)(C)C)cc4)cc3Cl)c2)n1. The van der Waals surface area contributed by atoms with Crippen molar-refractivity contribution in [2.75, 3.05) is 11.9 Å². The van der Waals surface area contributed by atoms with E-state index in [9.17, 15) is 24.0 Å². The summed E-state index contributed by atoms with van der Waals surface area (Å²) < 4.78 is 21.6. The number of halogens is 1. The molecular weight excluding hydrogens is 796 g/mol. The van der Waals surface area contributed by atoms with Crippen molar-refractivity contribution in [2.24, 2.45) is 12.0 Å². The minimum Gasteiger partial charge on any atom is -0.459 e. The molecule has 0 aliphatic rings. The van der Waals surface area contributed by atoms with Crippen LogP contribution in [-0.2, 0) is 43.8 Å². The number of aryl methyl sites for hydroxylation is 2. The van der Waals surface area contributed by atoms with E-state index < -0.39 is 40.9 Å². The number of hydrogen-bond donors (Lipinski definition) is 2. The number of esters is 2. The molecule has 0 aliphatic heterocycles. The Morgan fingerprint density at radius 1 is 0.833 bits per heavy atom. The van der Waals surface area contributed by atoms with Gasteiger partial charge in [-0.15, -0.1) is 15.2 Å². The molecule has 0 saturated heterocycles. The molecule has 0 saturated carbocycles. The zero-order chi connectivity index (χ0) is 44.4. The first kappa shape index (κ1) is 46.3. The van der Waals surface area contributed by atoms with Gasteiger partial charge in [0.25, 0.3) is 0 Å². The minimum absolute atomic E-state index is 0.0188. The van der Waals surface area contributed by atoms with Crippen molar-refractivity contribution in [1.29, 1.82) is 0 Å². The highest BCUT2D eigenvalue weighted by Gasteiger charge is 2.24. The van der Waals surface area contributed by atoms with Crippen molar-refractivity contribution in [2.45, 2.75) is 98.5 Å². The first-order valence-corrected chi connectivity index (χ1v) is 19.3. The second-order valence-electron chi connectivity index (χ2n) is 16.6. The van der Waals surface area contributed by atoms with Gasteiger partial charge in [-0.1, -0.05) is 35.9 Å². The maximum Gasteiger partial charge on any atom is 0.437 e. The largest absolute Gasteiger partial charge is 0.459 e. The summed E-state index contributed by atoms with van der Waals surface area (Å²) in [6, 6.07) is 18.0. The van der Waals surface area contributed by atoms with Crippen LogP contribution in [0.5, 0.6) is 5.75 Å². The number of nitrogens with zero attached hydrogens (tertiary/aromatic N) is 6. The number of rotatable bonds is 11. The summed E-state index contributed by atoms with van der Waals surface area (Å²) in [6.07, 6.45) is -1.56. The van der Waals surface area contributed by atoms with E-state index >= 15 is 0 Å². The fourth-order valence-corrected chi connectivity index (χ4v) is 5.51. The number of ether oxygens (including phenoxy) is 4. The fraction of sp³-hybridized carbons (Fsp3) is 0.405. The van der Waals surface area contributed by atoms with Gasteiger partial charge in [-0.25, -0.2) is 14.4 Å². The smallest absolute Gasteiger partial charge is 0.437 e. The van der Waals surface area contributed by atoms with Crippen LogP contribution in [-0.4, -0.2) is 84.4 Å². The molecule has 0 fully saturated rings. The molecule has 17 nitrogen and oxygen atoms in total. The van der Waals surface area contributed by atoms with Gasteiger partial charge in [0.1, 0.15) is 29.1 Å². The number of hydrogen-bond acceptors (Lipinski definition) is 12. The van der Waals surface area contributed by atoms with E-state index in [0.717, 1.165) is 5.56 Å². The molecule has 3 amide bonds. The molecular formula is C42H51ClN8O9. The number of aliphatic imine (C=N–C) groups is 1. The van der Waals surface area contributed by atoms with E-state index in [0.29, 0.717) is 22.6 Å². The number of nitrogens with one attached hydrogen (secondary N) is 2. The Kier molecular flexibility index (Phi) is 15.1. The molecule has 4 rings (SSSR count). The second-order valence-corrected chi connectivity index (χ2v) is 17.0. The fourth-order valence-electron chi connectivity index (χ4n) is 5.24. The Labute approximate surface area is 353 Å². The van der Waals surface area contributed by atoms with Crippen LogP contribution in [0.4, 0.5) is 15.3 Å². The number of anilines is 1. The molecule has 0 spiro atoms. The Balaban J connectivity index is 1.40. The summed E-state index contributed by atoms with van der Waals surface area (Å²) in [4.78, 5) is 71.0. The minimum atomic E-state index is -0.951. The molecule has 18 heteroatoms. The zero-order valence-electron chi connectivity index (χ0n) is 35.4. The van der Waals surface area contributed by atoms with Gasteiger partial charge in [-0.2, -0.15) is 4.80 Å². The van der Waals surface area contributed by atoms with Gasteiger partial charge in [0, 0.05) is 29.2 Å². The van der Waals surface area contributed by atoms with Crippen LogP contribution in [0, 0.1) is 0 Å². The number of tetrazole rings is 1. The zero-order valence-corrected chi connectivity index (χ0v) is 36.2. The Morgan fingerprint density at radius 2 is 1.50 bits per heavy atom. The predicted molar refractivity (Wildman–Crippen MR) is 223 cm³/mol. The van der Waals surface area contributed by atoms with Gasteiger partial charge >= 0.3 is 24.1 Å². The lowest BCUT2D eigenvalue weighted by atomic mass is 10.1. The molecule has 2 N–H and O–H groups in total. The number of aromatic nitrogens is 4. The average Bonchev–Trinajstić information content (AvgIpc) is 3.55. The number of carbonyl (C=O) groups is 5. The van der Waals surface area contributed by atoms with E-state index in [-0.39, 0.29) is 54.1 Å². The Bertz CT molecular complexity index is 2220. The van der Waals surface area contributed by atoms with Crippen LogP contribution in [0.15, 0.2) is 71.7 Å². The van der Waals surface area contributed by atoms with Crippen molar-refractivity contribution in [3.05, 3.63) is 88.4 Å². The van der Waals surface area contributed by atoms with Crippen molar-refractivity contribution < 1.29 is 42.9 Å². The molecule has 0 atom stereocenters. The molecule has 60 heavy (non-hydrogen) atoms. The summed E-state index contributed by atoms with van der Waals surface area (Å²) in [7, 11) is 1.66. The van der Waals surface area contributed by atoms with E-state index in [1.165, 1.54) is 40.0 Å². The van der Waals surface area contributed by atoms with Crippen molar-refractivity contribution in [3.63, 3.8) is 0 Å². The highest BCUT2D eigenvalue weighted by Crippen LogP contribution is 2.26. The summed E-state index contributed by atoms with van der Waals surface area (Å²) >= 11 is 6.60. The van der Waals surface area contributed by atoms with E-state index in [4.69, 9.17) is 30.5 Å². The van der Waals surface area contributed by atoms with Gasteiger partial charge in [-0.3, -0.25) is 14.9 Å². The highest BCUT2D eigenvalue weighted by atomic mass is 35.5. The average molecular weight is 847 g/mol. The lowest BCUT2D eigenvalue weighted by molar-refractivity contribution is -0.159. The number of carbonyl (C=O) groups excluding carboxylic acids is 5. The summed E-state index contributed by atoms with van der Waals surface area (Å²) in [6.45, 7) is 15.2. The lowest BCUT2D eigenvalue weighted by Crippen LogP contribution is -2.40. The van der Waals surface area contributed by atoms with Crippen LogP contribution < -0.4 is 15.4 Å². The number of alkyl carbamates (subject to hydrolysis) is 1. The number of benzene rings is 3. The third kappa shape index (κ3) is 15.8. The van der Waals surface area contributed by atoms with Crippen LogP contribution >= 0.6 is 11.6 Å². The monoisotopic (exact) mass is 846 g/mol. The molecule has 0 unspecified atom stereocenters. The lowest BCUT2D eigenvalue weighted by Gasteiger charge is -2.25. The molecule has 4 aromatic rings. The van der Waals surface area contributed by atoms with Crippen molar-refractivity contribution in [1.82, 2.24) is 30.4 Å². The maximum absolute atomic E-state index is 13.6. The quantitative estimate of drug-likeness (QED) is 0.0501. The van der Waals surface area contributed by atoms with E-state index in [1.807, 2.05) is 24.3 Å². The summed E-state index contributed by atoms with van der Waals surface area (Å²) in [5, 5.41) is 17.7. The van der Waals surface area contributed by atoms with Gasteiger partial charge in [0.15, 0.2) is 0 Å². The van der Waals surface area contributed by atoms with Crippen LogP contribution in [0.25, 0.3) is 11.4 Å². The molecule has 1 heterocycles. The highest BCUT2D eigenvalue weighted by molar-refractivity contribution is 6.31. The van der Waals surface area contributed by atoms with Gasteiger partial charge in [-0.05, 0) is 128 Å². The van der Waals surface area contributed by atoms with Gasteiger partial charge < -0.3 is 29.2 Å². The van der Waals surface area contributed by atoms with Crippen LogP contribution in [0.3, 0.4) is 0 Å². The summed E-state index contributed by atoms with van der Waals surface area (Å²) in [5.74, 6) is -1.22. The van der Waals surface area contributed by atoms with Crippen molar-refractivity contribution >= 4 is 53.3 Å². The number of amides is 3. The molecule has 0 bridgehead atoms. The third-order valence-electron chi connectivity index (χ3n) is 7.60. The first-order chi connectivity index (χ1) is 27.9. The topological polar surface area (TPSA) is 206 Å². The summed E-state index contributed by atoms with van der Waals surface area (Å²) in [5.41, 5.74) is 0.238. The Morgan fingerprint density at radius 3 is 2.10 bits per heavy atom. The molecule has 0 aliphatic carbocycles. The molecule has 1 aromatic heterocycles. The normalized spacial score (nSPS) is 11.9. The van der Waals surface area contributed by atoms with E-state index in [1.54, 1.807) is 81.5 Å². The van der Waals surface area contributed by atoms with Crippen LogP contribution in [0.2, 0.25) is 5.02 Å². The van der Waals surface area contributed by atoms with Gasteiger partial charge in [0.05, 0.1) is 12.6 Å². The van der Waals surface area contributed by atoms with Crippen molar-refractivity contribution in [3.8, 4) is 17.1 Å². The Hall–Kier alpha value is -6.36. The molecule has 0 radical (unpaired) electrons. The number of guanidine groups is 1. The molecule has 320 valence electrons. The first-order valence-electron chi connectivity index (χ1n) is 18.9.